The summed E-state index contributed by atoms with van der Waals surface area (Å²) in [6.45, 7) is 7.25. The van der Waals surface area contributed by atoms with Crippen LogP contribution in [0.3, 0.4) is 0 Å². The average Bonchev–Trinajstić information content (AvgIpc) is 3.22. The van der Waals surface area contributed by atoms with Gasteiger partial charge in [-0.3, -0.25) is 0 Å². The number of carbonyl (C=O) groups is 1. The third-order valence-corrected chi connectivity index (χ3v) is 6.70. The van der Waals surface area contributed by atoms with E-state index in [4.69, 9.17) is 4.74 Å². The number of aromatic nitrogens is 4. The van der Waals surface area contributed by atoms with Gasteiger partial charge in [0.2, 0.25) is 0 Å². The number of anilines is 1. The molecule has 0 bridgehead atoms. The second kappa shape index (κ2) is 9.18. The summed E-state index contributed by atoms with van der Waals surface area (Å²) in [7, 11) is -3.27. The fraction of sp³-hybridized carbons (Fsp3) is 0.364. The molecular weight excluding hydrogens is 444 g/mol. The summed E-state index contributed by atoms with van der Waals surface area (Å²) >= 11 is 0. The van der Waals surface area contributed by atoms with E-state index < -0.39 is 9.84 Å². The molecule has 10 nitrogen and oxygen atoms in total. The largest absolute Gasteiger partial charge is 0.416 e. The Morgan fingerprint density at radius 3 is 2.55 bits per heavy atom. The van der Waals surface area contributed by atoms with Crippen molar-refractivity contribution >= 4 is 32.8 Å². The van der Waals surface area contributed by atoms with E-state index >= 15 is 0 Å². The fourth-order valence-corrected chi connectivity index (χ4v) is 4.41. The van der Waals surface area contributed by atoms with Crippen LogP contribution in [0.25, 0.3) is 16.7 Å². The van der Waals surface area contributed by atoms with Crippen LogP contribution in [0.2, 0.25) is 0 Å². The van der Waals surface area contributed by atoms with Crippen molar-refractivity contribution in [1.82, 2.24) is 24.6 Å². The van der Waals surface area contributed by atoms with E-state index in [0.29, 0.717) is 48.5 Å². The van der Waals surface area contributed by atoms with Gasteiger partial charge in [0.1, 0.15) is 12.1 Å². The molecule has 1 saturated heterocycles. The maximum atomic E-state index is 12.0. The van der Waals surface area contributed by atoms with Crippen molar-refractivity contribution in [2.45, 2.75) is 24.7 Å². The Balaban J connectivity index is 1.43. The molecule has 1 N–H and O–H groups in total. The van der Waals surface area contributed by atoms with Crippen LogP contribution in [-0.4, -0.2) is 65.0 Å². The summed E-state index contributed by atoms with van der Waals surface area (Å²) < 4.78 is 30.1. The zero-order valence-corrected chi connectivity index (χ0v) is 19.4. The third kappa shape index (κ3) is 5.14. The van der Waals surface area contributed by atoms with Crippen LogP contribution in [-0.2, 0) is 14.6 Å². The van der Waals surface area contributed by atoms with E-state index in [1.165, 1.54) is 12.6 Å². The quantitative estimate of drug-likeness (QED) is 0.546. The van der Waals surface area contributed by atoms with E-state index in [-0.39, 0.29) is 11.0 Å². The van der Waals surface area contributed by atoms with Crippen LogP contribution in [0, 0.1) is 5.92 Å². The Morgan fingerprint density at radius 1 is 1.21 bits per heavy atom. The molecule has 0 saturated carbocycles. The molecule has 0 atom stereocenters. The standard InChI is InChI=1S/C22H26N6O4S/c1-15(2)32-22(29)27-10-8-16(9-11-27)12-23-20-19-13-26-28(21(19)25-14-24-20)17-4-6-18(7-5-17)33(3,30)31/h4-7,13-14,16H,1,8-12H2,2-3H3,(H,23,24,25). The normalized spacial score (nSPS) is 14.9. The number of ether oxygens (including phenoxy) is 1. The second-order valence-electron chi connectivity index (χ2n) is 8.16. The minimum absolute atomic E-state index is 0.249. The van der Waals surface area contributed by atoms with Gasteiger partial charge in [-0.05, 0) is 49.9 Å². The van der Waals surface area contributed by atoms with Crippen molar-refractivity contribution in [3.63, 3.8) is 0 Å². The van der Waals surface area contributed by atoms with Crippen molar-refractivity contribution < 1.29 is 17.9 Å². The first-order valence-corrected chi connectivity index (χ1v) is 12.5. The lowest BCUT2D eigenvalue weighted by molar-refractivity contribution is 0.112. The monoisotopic (exact) mass is 470 g/mol. The number of nitrogens with one attached hydrogen (secondary N) is 1. The van der Waals surface area contributed by atoms with Gasteiger partial charge in [0.25, 0.3) is 0 Å². The first kappa shape index (κ1) is 22.7. The second-order valence-corrected chi connectivity index (χ2v) is 10.2. The number of amides is 1. The zero-order valence-electron chi connectivity index (χ0n) is 18.6. The highest BCUT2D eigenvalue weighted by atomic mass is 32.2. The number of sulfone groups is 1. The van der Waals surface area contributed by atoms with Crippen LogP contribution in [0.1, 0.15) is 19.8 Å². The lowest BCUT2D eigenvalue weighted by Crippen LogP contribution is -2.40. The summed E-state index contributed by atoms with van der Waals surface area (Å²) in [6.07, 6.45) is 5.72. The number of rotatable bonds is 6. The number of piperidine rings is 1. The van der Waals surface area contributed by atoms with E-state index in [9.17, 15) is 13.2 Å². The van der Waals surface area contributed by atoms with Crippen molar-refractivity contribution in [2.24, 2.45) is 5.92 Å². The molecule has 1 amide bonds. The highest BCUT2D eigenvalue weighted by molar-refractivity contribution is 7.90. The number of hydrogen-bond donors (Lipinski definition) is 1. The molecule has 0 aliphatic carbocycles. The highest BCUT2D eigenvalue weighted by Gasteiger charge is 2.24. The number of allylic oxidation sites excluding steroid dienone is 1. The summed E-state index contributed by atoms with van der Waals surface area (Å²) in [5.74, 6) is 1.47. The fourth-order valence-electron chi connectivity index (χ4n) is 3.78. The minimum atomic E-state index is -3.27. The molecule has 0 spiro atoms. The zero-order chi connectivity index (χ0) is 23.6. The molecule has 0 radical (unpaired) electrons. The van der Waals surface area contributed by atoms with Crippen LogP contribution in [0.5, 0.6) is 0 Å². The summed E-state index contributed by atoms with van der Waals surface area (Å²) in [4.78, 5) is 22.7. The van der Waals surface area contributed by atoms with Gasteiger partial charge in [-0.2, -0.15) is 5.10 Å². The molecular formula is C22H26N6O4S. The van der Waals surface area contributed by atoms with Gasteiger partial charge in [-0.25, -0.2) is 27.9 Å². The summed E-state index contributed by atoms with van der Waals surface area (Å²) in [5.41, 5.74) is 1.33. The Morgan fingerprint density at radius 2 is 1.91 bits per heavy atom. The number of hydrogen-bond acceptors (Lipinski definition) is 8. The first-order valence-electron chi connectivity index (χ1n) is 10.6. The average molecular weight is 471 g/mol. The molecule has 11 heteroatoms. The number of carbonyl (C=O) groups excluding carboxylic acids is 1. The minimum Gasteiger partial charge on any atom is -0.416 e. The molecule has 1 aliphatic rings. The van der Waals surface area contributed by atoms with Gasteiger partial charge in [0, 0.05) is 25.9 Å². The van der Waals surface area contributed by atoms with Crippen molar-refractivity contribution in [3.05, 3.63) is 49.1 Å². The predicted molar refractivity (Wildman–Crippen MR) is 124 cm³/mol. The molecule has 4 rings (SSSR count). The molecule has 0 unspecified atom stereocenters. The molecule has 174 valence electrons. The maximum absolute atomic E-state index is 12.0. The number of nitrogens with zero attached hydrogens (tertiary/aromatic N) is 5. The molecule has 3 aromatic rings. The molecule has 1 aromatic carbocycles. The predicted octanol–water partition coefficient (Wildman–Crippen LogP) is 3.01. The lowest BCUT2D eigenvalue weighted by Gasteiger charge is -2.31. The number of likely N-dealkylation sites (tertiary alicyclic amines) is 1. The molecule has 1 aliphatic heterocycles. The lowest BCUT2D eigenvalue weighted by atomic mass is 9.97. The van der Waals surface area contributed by atoms with Crippen LogP contribution in [0.4, 0.5) is 10.6 Å². The van der Waals surface area contributed by atoms with Gasteiger partial charge in [0.15, 0.2) is 15.5 Å². The first-order chi connectivity index (χ1) is 15.7. The number of benzene rings is 1. The number of fused-ring (bicyclic) bond motifs is 1. The molecule has 3 heterocycles. The van der Waals surface area contributed by atoms with Crippen LogP contribution < -0.4 is 5.32 Å². The summed E-state index contributed by atoms with van der Waals surface area (Å²) in [6, 6.07) is 6.50. The maximum Gasteiger partial charge on any atom is 0.414 e. The van der Waals surface area contributed by atoms with E-state index in [0.717, 1.165) is 18.2 Å². The van der Waals surface area contributed by atoms with Gasteiger partial charge in [0.05, 0.1) is 27.9 Å². The topological polar surface area (TPSA) is 119 Å². The Bertz CT molecular complexity index is 1280. The molecule has 1 fully saturated rings. The SMILES string of the molecule is C=C(C)OC(=O)N1CCC(CNc2ncnc3c2cnn3-c2ccc(S(C)(=O)=O)cc2)CC1. The van der Waals surface area contributed by atoms with Gasteiger partial charge in [-0.1, -0.05) is 6.58 Å². The van der Waals surface area contributed by atoms with E-state index in [1.54, 1.807) is 47.0 Å². The van der Waals surface area contributed by atoms with Crippen molar-refractivity contribution in [3.8, 4) is 5.69 Å². The molecule has 33 heavy (non-hydrogen) atoms. The van der Waals surface area contributed by atoms with Crippen LogP contribution >= 0.6 is 0 Å². The van der Waals surface area contributed by atoms with Crippen molar-refractivity contribution in [1.29, 1.82) is 0 Å². The van der Waals surface area contributed by atoms with Gasteiger partial charge >= 0.3 is 6.09 Å². The van der Waals surface area contributed by atoms with Gasteiger partial charge < -0.3 is 15.0 Å². The van der Waals surface area contributed by atoms with Crippen molar-refractivity contribution in [2.75, 3.05) is 31.2 Å². The van der Waals surface area contributed by atoms with Crippen LogP contribution in [0.15, 0.2) is 54.0 Å². The smallest absolute Gasteiger partial charge is 0.414 e. The van der Waals surface area contributed by atoms with E-state index in [2.05, 4.69) is 27.0 Å². The van der Waals surface area contributed by atoms with E-state index in [1.807, 2.05) is 0 Å². The molecule has 2 aromatic heterocycles. The third-order valence-electron chi connectivity index (χ3n) is 5.57. The Kier molecular flexibility index (Phi) is 6.32. The Labute approximate surface area is 192 Å². The Hall–Kier alpha value is -3.47. The van der Waals surface area contributed by atoms with Gasteiger partial charge in [-0.15, -0.1) is 0 Å². The highest BCUT2D eigenvalue weighted by Crippen LogP contribution is 2.24. The summed E-state index contributed by atoms with van der Waals surface area (Å²) in [5, 5.41) is 8.59.